The van der Waals surface area contributed by atoms with Crippen LogP contribution in [0.15, 0.2) is 30.3 Å². The monoisotopic (exact) mass is 343 g/mol. The van der Waals surface area contributed by atoms with Gasteiger partial charge in [0.1, 0.15) is 11.9 Å². The number of hydrogen-bond acceptors (Lipinski definition) is 2. The maximum atomic E-state index is 12.0. The van der Waals surface area contributed by atoms with Crippen molar-refractivity contribution in [2.75, 3.05) is 26.3 Å². The van der Waals surface area contributed by atoms with E-state index in [2.05, 4.69) is 4.90 Å². The Hall–Kier alpha value is -0.291. The summed E-state index contributed by atoms with van der Waals surface area (Å²) in [6.07, 6.45) is 1.95. The summed E-state index contributed by atoms with van der Waals surface area (Å²) < 4.78 is 17.9. The maximum Gasteiger partial charge on any atom is 0.119 e. The van der Waals surface area contributed by atoms with Crippen LogP contribution in [0.1, 0.15) is 12.8 Å². The van der Waals surface area contributed by atoms with Gasteiger partial charge in [-0.1, -0.05) is 18.2 Å². The Morgan fingerprint density at radius 2 is 2.06 bits per heavy atom. The number of alkyl halides is 1. The van der Waals surface area contributed by atoms with Gasteiger partial charge in [-0.05, 0) is 25.0 Å². The number of ether oxygens (including phenoxy) is 1. The number of nitrogens with zero attached hydrogens (tertiary/aromatic N) is 1. The van der Waals surface area contributed by atoms with Crippen LogP contribution < -0.4 is 4.74 Å². The summed E-state index contributed by atoms with van der Waals surface area (Å²) in [5.74, 6) is 0.930. The fraction of sp³-hybridized carbons (Fsp3) is 0.538. The van der Waals surface area contributed by atoms with E-state index in [-0.39, 0.29) is 36.7 Å². The Bertz CT molecular complexity index is 310. The van der Waals surface area contributed by atoms with Crippen LogP contribution in [0, 0.1) is 0 Å². The minimum absolute atomic E-state index is 0. The van der Waals surface area contributed by atoms with E-state index >= 15 is 0 Å². The van der Waals surface area contributed by atoms with Crippen LogP contribution in [0.2, 0.25) is 0 Å². The molecule has 1 aliphatic heterocycles. The number of halogens is 1. The molecule has 1 fully saturated rings. The van der Waals surface area contributed by atoms with Gasteiger partial charge >= 0.3 is 0 Å². The molecule has 0 spiro atoms. The molecule has 0 aliphatic carbocycles. The van der Waals surface area contributed by atoms with Gasteiger partial charge in [0.05, 0.1) is 6.67 Å². The molecule has 0 N–H and O–H groups in total. The van der Waals surface area contributed by atoms with Crippen molar-refractivity contribution < 1.29 is 9.13 Å². The van der Waals surface area contributed by atoms with Gasteiger partial charge in [-0.3, -0.25) is 9.29 Å². The second-order valence-electron chi connectivity index (χ2n) is 4.18. The van der Waals surface area contributed by atoms with Crippen molar-refractivity contribution in [3.63, 3.8) is 0 Å². The molecule has 1 aromatic rings. The molecule has 4 heteroatoms. The van der Waals surface area contributed by atoms with Gasteiger partial charge in [0.2, 0.25) is 0 Å². The molecule has 1 saturated heterocycles. The van der Waals surface area contributed by atoms with Gasteiger partial charge in [0, 0.05) is 43.5 Å². The first-order valence-electron chi connectivity index (χ1n) is 5.88. The Kier molecular flexibility index (Phi) is 6.88. The van der Waals surface area contributed by atoms with E-state index in [4.69, 9.17) is 4.74 Å². The summed E-state index contributed by atoms with van der Waals surface area (Å²) in [4.78, 5) is 2.27. The molecule has 0 bridgehead atoms. The standard InChI is InChI=1S/C13H18FNO.Sn/c14-8-4-9-15-10-7-13(11-15)16-12-5-2-1-3-6-12;/h1-3,5-6,13H,4,7-11H2;/t13-;/m0./s1. The summed E-state index contributed by atoms with van der Waals surface area (Å²) in [7, 11) is 0. The number of para-hydroxylation sites is 1. The predicted molar refractivity (Wildman–Crippen MR) is 68.3 cm³/mol. The largest absolute Gasteiger partial charge is 0.489 e. The molecule has 0 aromatic heterocycles. The Labute approximate surface area is 119 Å². The van der Waals surface area contributed by atoms with Gasteiger partial charge < -0.3 is 4.74 Å². The molecule has 1 aliphatic rings. The molecule has 4 radical (unpaired) electrons. The normalized spacial score (nSPS) is 19.9. The molecular formula is C13H18FNOSn. The third kappa shape index (κ3) is 4.84. The van der Waals surface area contributed by atoms with E-state index in [1.807, 2.05) is 30.3 Å². The maximum absolute atomic E-state index is 12.0. The summed E-state index contributed by atoms with van der Waals surface area (Å²) in [5, 5.41) is 0. The summed E-state index contributed by atoms with van der Waals surface area (Å²) >= 11 is 0. The molecule has 2 rings (SSSR count). The van der Waals surface area contributed by atoms with Crippen LogP contribution in [-0.2, 0) is 0 Å². The summed E-state index contributed by atoms with van der Waals surface area (Å²) in [6.45, 7) is 2.58. The fourth-order valence-corrected chi connectivity index (χ4v) is 2.07. The first-order chi connectivity index (χ1) is 7.88. The van der Waals surface area contributed by atoms with Crippen LogP contribution in [-0.4, -0.2) is 61.2 Å². The van der Waals surface area contributed by atoms with Crippen LogP contribution in [0.4, 0.5) is 4.39 Å². The number of benzene rings is 1. The van der Waals surface area contributed by atoms with Crippen molar-refractivity contribution in [3.8, 4) is 5.75 Å². The SMILES string of the molecule is FCCCN1CC[C@H](Oc2ccccc2)C1.[Sn]. The molecule has 17 heavy (non-hydrogen) atoms. The van der Waals surface area contributed by atoms with Gasteiger partial charge in [0.25, 0.3) is 0 Å². The molecule has 1 atom stereocenters. The molecule has 2 nitrogen and oxygen atoms in total. The van der Waals surface area contributed by atoms with Crippen LogP contribution in [0.25, 0.3) is 0 Å². The molecular weight excluding hydrogens is 324 g/mol. The van der Waals surface area contributed by atoms with Crippen LogP contribution in [0.5, 0.6) is 5.75 Å². The Morgan fingerprint density at radius 1 is 1.29 bits per heavy atom. The summed E-state index contributed by atoms with van der Waals surface area (Å²) in [5.41, 5.74) is 0. The average molecular weight is 342 g/mol. The quantitative estimate of drug-likeness (QED) is 0.761. The molecule has 0 amide bonds. The van der Waals surface area contributed by atoms with Crippen molar-refractivity contribution in [3.05, 3.63) is 30.3 Å². The van der Waals surface area contributed by atoms with Crippen molar-refractivity contribution in [1.82, 2.24) is 4.90 Å². The topological polar surface area (TPSA) is 12.5 Å². The molecule has 1 heterocycles. The minimum atomic E-state index is -0.222. The smallest absolute Gasteiger partial charge is 0.119 e. The number of rotatable bonds is 5. The third-order valence-corrected chi connectivity index (χ3v) is 2.88. The molecule has 0 unspecified atom stereocenters. The van der Waals surface area contributed by atoms with Crippen molar-refractivity contribution in [1.29, 1.82) is 0 Å². The van der Waals surface area contributed by atoms with Crippen molar-refractivity contribution in [2.45, 2.75) is 18.9 Å². The Balaban J connectivity index is 0.00000144. The first-order valence-corrected chi connectivity index (χ1v) is 5.88. The van der Waals surface area contributed by atoms with E-state index < -0.39 is 0 Å². The second-order valence-corrected chi connectivity index (χ2v) is 4.18. The molecule has 1 aromatic carbocycles. The predicted octanol–water partition coefficient (Wildman–Crippen LogP) is 2.12. The Morgan fingerprint density at radius 3 is 2.76 bits per heavy atom. The van der Waals surface area contributed by atoms with Crippen molar-refractivity contribution in [2.24, 2.45) is 0 Å². The number of hydrogen-bond donors (Lipinski definition) is 0. The van der Waals surface area contributed by atoms with E-state index in [0.717, 1.165) is 31.8 Å². The minimum Gasteiger partial charge on any atom is -0.489 e. The third-order valence-electron chi connectivity index (χ3n) is 2.88. The van der Waals surface area contributed by atoms with Gasteiger partial charge in [0.15, 0.2) is 0 Å². The average Bonchev–Trinajstić information content (AvgIpc) is 2.75. The summed E-state index contributed by atoms with van der Waals surface area (Å²) in [6, 6.07) is 9.89. The van der Waals surface area contributed by atoms with E-state index in [9.17, 15) is 4.39 Å². The first kappa shape index (κ1) is 14.8. The van der Waals surface area contributed by atoms with Crippen molar-refractivity contribution >= 4 is 23.9 Å². The van der Waals surface area contributed by atoms with E-state index in [1.165, 1.54) is 0 Å². The molecule has 92 valence electrons. The van der Waals surface area contributed by atoms with E-state index in [0.29, 0.717) is 6.42 Å². The zero-order chi connectivity index (χ0) is 11.2. The van der Waals surface area contributed by atoms with Gasteiger partial charge in [-0.25, -0.2) is 0 Å². The van der Waals surface area contributed by atoms with E-state index in [1.54, 1.807) is 0 Å². The molecule has 0 saturated carbocycles. The fourth-order valence-electron chi connectivity index (χ4n) is 2.07. The van der Waals surface area contributed by atoms with Crippen LogP contribution >= 0.6 is 0 Å². The number of likely N-dealkylation sites (tertiary alicyclic amines) is 1. The zero-order valence-corrected chi connectivity index (χ0v) is 12.8. The zero-order valence-electron chi connectivity index (χ0n) is 9.94. The van der Waals surface area contributed by atoms with Gasteiger partial charge in [-0.15, -0.1) is 0 Å². The van der Waals surface area contributed by atoms with Gasteiger partial charge in [-0.2, -0.15) is 0 Å². The second kappa shape index (κ2) is 7.92. The van der Waals surface area contributed by atoms with Crippen LogP contribution in [0.3, 0.4) is 0 Å².